The second-order valence-corrected chi connectivity index (χ2v) is 18.4. The molecule has 8 atom stereocenters. The van der Waals surface area contributed by atoms with Crippen LogP contribution in [0.3, 0.4) is 0 Å². The molecule has 13 heteroatoms. The highest BCUT2D eigenvalue weighted by Gasteiger charge is 2.51. The molecule has 0 aromatic carbocycles. The fourth-order valence-electron chi connectivity index (χ4n) is 7.53. The van der Waals surface area contributed by atoms with E-state index in [4.69, 9.17) is 18.5 Å². The molecule has 350 valence electrons. The number of rotatable bonds is 41. The minimum atomic E-state index is -5.01. The van der Waals surface area contributed by atoms with Crippen LogP contribution in [0, 0.1) is 0 Å². The molecule has 0 aromatic heterocycles. The monoisotopic (exact) mass is 865 g/mol. The lowest BCUT2D eigenvalue weighted by atomic mass is 9.85. The van der Waals surface area contributed by atoms with Crippen LogP contribution in [0.4, 0.5) is 0 Å². The number of aliphatic hydroxyl groups excluding tert-OH is 5. The van der Waals surface area contributed by atoms with Crippen LogP contribution in [-0.2, 0) is 27.9 Å². The quantitative estimate of drug-likeness (QED) is 0.0148. The molecule has 0 heterocycles. The average Bonchev–Trinajstić information content (AvgIpc) is 3.22. The Morgan fingerprint density at radius 1 is 0.525 bits per heavy atom. The molecule has 0 bridgehead atoms. The Kier molecular flexibility index (Phi) is 35.8. The lowest BCUT2D eigenvalue weighted by Gasteiger charge is -2.41. The summed E-state index contributed by atoms with van der Waals surface area (Å²) >= 11 is 0. The minimum absolute atomic E-state index is 0.0742. The number of esters is 1. The van der Waals surface area contributed by atoms with E-state index in [1.807, 2.05) is 0 Å². The third-order valence-corrected chi connectivity index (χ3v) is 12.4. The van der Waals surface area contributed by atoms with Gasteiger partial charge in [0.25, 0.3) is 0 Å². The molecular formula is C46H89O12P. The predicted octanol–water partition coefficient (Wildman–Crippen LogP) is 9.92. The fourth-order valence-corrected chi connectivity index (χ4v) is 8.50. The number of allylic oxidation sites excluding steroid dienone is 2. The lowest BCUT2D eigenvalue weighted by molar-refractivity contribution is -0.220. The van der Waals surface area contributed by atoms with Crippen LogP contribution < -0.4 is 0 Å². The number of carbonyl (C=O) groups excluding carboxylic acids is 1. The van der Waals surface area contributed by atoms with Gasteiger partial charge in [0.1, 0.15) is 42.7 Å². The third kappa shape index (κ3) is 29.9. The van der Waals surface area contributed by atoms with Crippen molar-refractivity contribution in [2.24, 2.45) is 0 Å². The summed E-state index contributed by atoms with van der Waals surface area (Å²) in [5.74, 6) is -0.482. The van der Waals surface area contributed by atoms with E-state index in [1.54, 1.807) is 0 Å². The Balaban J connectivity index is 2.36. The zero-order valence-corrected chi connectivity index (χ0v) is 38.2. The van der Waals surface area contributed by atoms with E-state index < -0.39 is 63.1 Å². The van der Waals surface area contributed by atoms with Crippen LogP contribution in [0.2, 0.25) is 0 Å². The van der Waals surface area contributed by atoms with Gasteiger partial charge in [-0.2, -0.15) is 0 Å². The summed E-state index contributed by atoms with van der Waals surface area (Å²) in [5.41, 5.74) is 0. The van der Waals surface area contributed by atoms with Gasteiger partial charge in [0.05, 0.1) is 13.2 Å². The second-order valence-electron chi connectivity index (χ2n) is 17.0. The van der Waals surface area contributed by atoms with Gasteiger partial charge in [-0.15, -0.1) is 0 Å². The molecule has 59 heavy (non-hydrogen) atoms. The summed E-state index contributed by atoms with van der Waals surface area (Å²) in [6.07, 6.45) is 28.5. The molecule has 0 saturated heterocycles. The normalized spacial score (nSPS) is 22.5. The summed E-state index contributed by atoms with van der Waals surface area (Å²) in [5, 5.41) is 50.2. The van der Waals surface area contributed by atoms with Gasteiger partial charge in [-0.05, 0) is 38.5 Å². The molecule has 0 aliphatic heterocycles. The number of phosphoric acid groups is 1. The van der Waals surface area contributed by atoms with Gasteiger partial charge in [0.15, 0.2) is 0 Å². The van der Waals surface area contributed by atoms with Crippen molar-refractivity contribution in [3.63, 3.8) is 0 Å². The highest BCUT2D eigenvalue weighted by Crippen LogP contribution is 2.47. The molecule has 6 unspecified atom stereocenters. The van der Waals surface area contributed by atoms with Gasteiger partial charge in [-0.25, -0.2) is 4.57 Å². The molecule has 1 rings (SSSR count). The molecule has 12 nitrogen and oxygen atoms in total. The highest BCUT2D eigenvalue weighted by atomic mass is 31.2. The molecular weight excluding hydrogens is 775 g/mol. The summed E-state index contributed by atoms with van der Waals surface area (Å²) in [4.78, 5) is 23.1. The van der Waals surface area contributed by atoms with Crippen molar-refractivity contribution in [2.75, 3.05) is 19.8 Å². The standard InChI is InChI=1S/C46H89O12P/c1-3-5-7-9-11-13-15-17-19-20-21-22-24-26-28-30-32-34-36-55-37-39(38-56-59(53,54)58-46-44(51)42(49)41(48)43(50)45(46)52)57-40(47)35-33-31-29-27-25-23-18-16-14-12-10-8-6-4-2/h16,18,39,41-46,48-52H,3-15,17,19-38H2,1-2H3,(H,53,54)/b18-16-/t39-,41?,42-,43?,44?,45?,46?/m1/s1. The topological polar surface area (TPSA) is 192 Å². The molecule has 0 spiro atoms. The third-order valence-electron chi connectivity index (χ3n) is 11.4. The Bertz CT molecular complexity index is 1030. The first-order chi connectivity index (χ1) is 28.5. The SMILES string of the molecule is CCCCCCC/C=C\CCCCCCCC(=O)O[C@H](COCCCCCCCCCCCCCCCCCCCC)COP(=O)(O)OC1C(O)C(O)C(O)[C@@H](O)C1O. The molecule has 1 aliphatic carbocycles. The number of ether oxygens (including phenoxy) is 2. The summed E-state index contributed by atoms with van der Waals surface area (Å²) in [6.45, 7) is 4.27. The molecule has 0 radical (unpaired) electrons. The van der Waals surface area contributed by atoms with Crippen molar-refractivity contribution in [1.29, 1.82) is 0 Å². The fraction of sp³-hybridized carbons (Fsp3) is 0.935. The van der Waals surface area contributed by atoms with Crippen LogP contribution >= 0.6 is 7.82 Å². The Morgan fingerprint density at radius 2 is 0.898 bits per heavy atom. The van der Waals surface area contributed by atoms with Gasteiger partial charge in [-0.3, -0.25) is 13.8 Å². The first kappa shape index (κ1) is 56.1. The minimum Gasteiger partial charge on any atom is -0.457 e. The maximum atomic E-state index is 12.8. The van der Waals surface area contributed by atoms with Gasteiger partial charge >= 0.3 is 13.8 Å². The molecule has 6 N–H and O–H groups in total. The highest BCUT2D eigenvalue weighted by molar-refractivity contribution is 7.47. The van der Waals surface area contributed by atoms with Gasteiger partial charge < -0.3 is 39.9 Å². The van der Waals surface area contributed by atoms with Crippen molar-refractivity contribution in [2.45, 2.75) is 256 Å². The van der Waals surface area contributed by atoms with Crippen molar-refractivity contribution in [3.8, 4) is 0 Å². The van der Waals surface area contributed by atoms with Crippen LogP contribution in [0.1, 0.15) is 213 Å². The van der Waals surface area contributed by atoms with E-state index in [0.717, 1.165) is 57.8 Å². The number of unbranched alkanes of at least 4 members (excludes halogenated alkanes) is 27. The van der Waals surface area contributed by atoms with Crippen LogP contribution in [-0.4, -0.2) is 98.9 Å². The summed E-state index contributed by atoms with van der Waals surface area (Å²) in [7, 11) is -5.01. The lowest BCUT2D eigenvalue weighted by Crippen LogP contribution is -2.64. The number of hydrogen-bond acceptors (Lipinski definition) is 11. The van der Waals surface area contributed by atoms with Crippen LogP contribution in [0.5, 0.6) is 0 Å². The van der Waals surface area contributed by atoms with E-state index in [0.29, 0.717) is 13.0 Å². The first-order valence-electron chi connectivity index (χ1n) is 24.0. The van der Waals surface area contributed by atoms with Gasteiger partial charge in [-0.1, -0.05) is 180 Å². The van der Waals surface area contributed by atoms with Crippen molar-refractivity contribution < 1.29 is 58.3 Å². The molecule has 0 amide bonds. The van der Waals surface area contributed by atoms with Crippen LogP contribution in [0.15, 0.2) is 12.2 Å². The van der Waals surface area contributed by atoms with Gasteiger partial charge in [0, 0.05) is 13.0 Å². The number of phosphoric ester groups is 1. The van der Waals surface area contributed by atoms with Crippen molar-refractivity contribution >= 4 is 13.8 Å². The Labute approximate surface area is 358 Å². The first-order valence-corrected chi connectivity index (χ1v) is 25.5. The molecule has 1 fully saturated rings. The second kappa shape index (κ2) is 37.6. The Morgan fingerprint density at radius 3 is 1.34 bits per heavy atom. The van der Waals surface area contributed by atoms with Crippen molar-refractivity contribution in [3.05, 3.63) is 12.2 Å². The van der Waals surface area contributed by atoms with E-state index in [9.17, 15) is 39.8 Å². The average molecular weight is 865 g/mol. The van der Waals surface area contributed by atoms with E-state index in [2.05, 4.69) is 26.0 Å². The Hall–Kier alpha value is -0.920. The predicted molar refractivity (Wildman–Crippen MR) is 235 cm³/mol. The molecule has 1 saturated carbocycles. The smallest absolute Gasteiger partial charge is 0.457 e. The van der Waals surface area contributed by atoms with E-state index in [-0.39, 0.29) is 13.0 Å². The maximum absolute atomic E-state index is 12.8. The number of carbonyl (C=O) groups is 1. The molecule has 0 aromatic rings. The maximum Gasteiger partial charge on any atom is 0.472 e. The summed E-state index contributed by atoms with van der Waals surface area (Å²) in [6, 6.07) is 0. The molecule has 1 aliphatic rings. The largest absolute Gasteiger partial charge is 0.472 e. The summed E-state index contributed by atoms with van der Waals surface area (Å²) < 4.78 is 34.2. The van der Waals surface area contributed by atoms with Gasteiger partial charge in [0.2, 0.25) is 0 Å². The zero-order valence-electron chi connectivity index (χ0n) is 37.3. The van der Waals surface area contributed by atoms with Crippen LogP contribution in [0.25, 0.3) is 0 Å². The van der Waals surface area contributed by atoms with E-state index in [1.165, 1.54) is 128 Å². The number of aliphatic hydroxyl groups is 5. The van der Waals surface area contributed by atoms with Crippen molar-refractivity contribution in [1.82, 2.24) is 0 Å². The van der Waals surface area contributed by atoms with E-state index >= 15 is 0 Å². The zero-order chi connectivity index (χ0) is 43.4. The number of hydrogen-bond donors (Lipinski definition) is 6.